The van der Waals surface area contributed by atoms with Gasteiger partial charge in [-0.15, -0.1) is 0 Å². The van der Waals surface area contributed by atoms with Crippen LogP contribution in [-0.4, -0.2) is 25.3 Å². The van der Waals surface area contributed by atoms with E-state index in [9.17, 15) is 4.39 Å². The van der Waals surface area contributed by atoms with Crippen molar-refractivity contribution in [1.29, 1.82) is 0 Å². The molecule has 0 atom stereocenters. The van der Waals surface area contributed by atoms with Crippen LogP contribution < -0.4 is 15.4 Å². The van der Waals surface area contributed by atoms with E-state index in [1.165, 1.54) is 13.2 Å². The SMILES string of the molecule is CCc1noc(CC)c1CNC(=NC)NCc1ccc(OC)c(F)c1. The third-order valence-electron chi connectivity index (χ3n) is 3.94. The molecule has 0 fully saturated rings. The molecule has 0 radical (unpaired) electrons. The summed E-state index contributed by atoms with van der Waals surface area (Å²) in [6, 6.07) is 4.87. The highest BCUT2D eigenvalue weighted by atomic mass is 19.1. The zero-order valence-corrected chi connectivity index (χ0v) is 15.1. The van der Waals surface area contributed by atoms with Crippen LogP contribution in [0, 0.1) is 5.82 Å². The van der Waals surface area contributed by atoms with E-state index in [2.05, 4.69) is 20.8 Å². The van der Waals surface area contributed by atoms with Gasteiger partial charge in [-0.2, -0.15) is 0 Å². The maximum atomic E-state index is 13.7. The van der Waals surface area contributed by atoms with E-state index in [0.29, 0.717) is 19.0 Å². The van der Waals surface area contributed by atoms with E-state index in [1.54, 1.807) is 13.1 Å². The van der Waals surface area contributed by atoms with Gasteiger partial charge in [0, 0.05) is 32.1 Å². The molecule has 6 nitrogen and oxygen atoms in total. The molecule has 0 spiro atoms. The fourth-order valence-electron chi connectivity index (χ4n) is 2.54. The van der Waals surface area contributed by atoms with Gasteiger partial charge >= 0.3 is 0 Å². The normalized spacial score (nSPS) is 11.5. The number of benzene rings is 1. The average Bonchev–Trinajstić information content (AvgIpc) is 3.04. The molecule has 0 amide bonds. The van der Waals surface area contributed by atoms with Gasteiger partial charge in [0.25, 0.3) is 0 Å². The van der Waals surface area contributed by atoms with Crippen LogP contribution >= 0.6 is 0 Å². The van der Waals surface area contributed by atoms with Crippen LogP contribution in [0.3, 0.4) is 0 Å². The van der Waals surface area contributed by atoms with Crippen LogP contribution in [0.5, 0.6) is 5.75 Å². The Morgan fingerprint density at radius 1 is 1.24 bits per heavy atom. The third kappa shape index (κ3) is 4.71. The smallest absolute Gasteiger partial charge is 0.191 e. The van der Waals surface area contributed by atoms with Crippen LogP contribution in [0.2, 0.25) is 0 Å². The van der Waals surface area contributed by atoms with E-state index < -0.39 is 0 Å². The minimum absolute atomic E-state index is 0.234. The van der Waals surface area contributed by atoms with Crippen molar-refractivity contribution in [2.45, 2.75) is 39.8 Å². The molecule has 1 heterocycles. The van der Waals surface area contributed by atoms with Gasteiger partial charge in [0.1, 0.15) is 5.76 Å². The Morgan fingerprint density at radius 2 is 2.00 bits per heavy atom. The highest BCUT2D eigenvalue weighted by Gasteiger charge is 2.13. The van der Waals surface area contributed by atoms with Gasteiger partial charge in [-0.05, 0) is 24.1 Å². The first kappa shape index (κ1) is 18.8. The average molecular weight is 348 g/mol. The highest BCUT2D eigenvalue weighted by molar-refractivity contribution is 5.79. The highest BCUT2D eigenvalue weighted by Crippen LogP contribution is 2.17. The zero-order chi connectivity index (χ0) is 18.2. The Kier molecular flexibility index (Phi) is 6.80. The zero-order valence-electron chi connectivity index (χ0n) is 15.1. The van der Waals surface area contributed by atoms with E-state index >= 15 is 0 Å². The summed E-state index contributed by atoms with van der Waals surface area (Å²) < 4.78 is 24.0. The molecular formula is C18H25FN4O2. The summed E-state index contributed by atoms with van der Waals surface area (Å²) >= 11 is 0. The van der Waals surface area contributed by atoms with Gasteiger partial charge in [0.15, 0.2) is 17.5 Å². The number of nitrogens with zero attached hydrogens (tertiary/aromatic N) is 2. The summed E-state index contributed by atoms with van der Waals surface area (Å²) in [5, 5.41) is 10.5. The molecule has 136 valence electrons. The summed E-state index contributed by atoms with van der Waals surface area (Å²) in [5.74, 6) is 1.37. The van der Waals surface area contributed by atoms with E-state index in [4.69, 9.17) is 9.26 Å². The fraction of sp³-hybridized carbons (Fsp3) is 0.444. The van der Waals surface area contributed by atoms with Crippen molar-refractivity contribution in [2.75, 3.05) is 14.2 Å². The molecule has 0 saturated carbocycles. The Morgan fingerprint density at radius 3 is 2.60 bits per heavy atom. The molecule has 25 heavy (non-hydrogen) atoms. The van der Waals surface area contributed by atoms with Crippen molar-refractivity contribution >= 4 is 5.96 Å². The lowest BCUT2D eigenvalue weighted by molar-refractivity contribution is 0.380. The molecule has 0 bridgehead atoms. The number of aromatic nitrogens is 1. The Labute approximate surface area is 147 Å². The van der Waals surface area contributed by atoms with Crippen LogP contribution in [0.1, 0.15) is 36.4 Å². The van der Waals surface area contributed by atoms with Gasteiger partial charge < -0.3 is 19.9 Å². The molecule has 0 saturated heterocycles. The first-order valence-corrected chi connectivity index (χ1v) is 8.36. The third-order valence-corrected chi connectivity index (χ3v) is 3.94. The number of guanidine groups is 1. The molecule has 2 aromatic rings. The van der Waals surface area contributed by atoms with Crippen molar-refractivity contribution in [1.82, 2.24) is 15.8 Å². The molecule has 2 N–H and O–H groups in total. The quantitative estimate of drug-likeness (QED) is 0.595. The Balaban J connectivity index is 1.95. The second kappa shape index (κ2) is 9.05. The standard InChI is InChI=1S/C18H25FN4O2/c1-5-15-13(16(6-2)25-23-15)11-22-18(20-3)21-10-12-7-8-17(24-4)14(19)9-12/h7-9H,5-6,10-11H2,1-4H3,(H2,20,21,22). The molecular weight excluding hydrogens is 323 g/mol. The summed E-state index contributed by atoms with van der Waals surface area (Å²) in [4.78, 5) is 4.19. The number of aryl methyl sites for hydroxylation is 2. The van der Waals surface area contributed by atoms with E-state index in [1.807, 2.05) is 19.9 Å². The summed E-state index contributed by atoms with van der Waals surface area (Å²) in [7, 11) is 3.14. The Bertz CT molecular complexity index is 706. The molecule has 0 aliphatic rings. The van der Waals surface area contributed by atoms with Gasteiger partial charge in [-0.25, -0.2) is 4.39 Å². The van der Waals surface area contributed by atoms with E-state index in [-0.39, 0.29) is 11.6 Å². The lowest BCUT2D eigenvalue weighted by Crippen LogP contribution is -2.36. The van der Waals surface area contributed by atoms with Crippen molar-refractivity contribution < 1.29 is 13.7 Å². The number of hydrogen-bond acceptors (Lipinski definition) is 4. The first-order valence-electron chi connectivity index (χ1n) is 8.36. The maximum Gasteiger partial charge on any atom is 0.191 e. The van der Waals surface area contributed by atoms with Gasteiger partial charge in [-0.1, -0.05) is 25.1 Å². The van der Waals surface area contributed by atoms with Crippen molar-refractivity contribution in [3.63, 3.8) is 0 Å². The van der Waals surface area contributed by atoms with E-state index in [0.717, 1.165) is 35.4 Å². The summed E-state index contributed by atoms with van der Waals surface area (Å²) in [6.07, 6.45) is 1.61. The number of halogens is 1. The van der Waals surface area contributed by atoms with Crippen LogP contribution in [0.4, 0.5) is 4.39 Å². The van der Waals surface area contributed by atoms with Gasteiger partial charge in [-0.3, -0.25) is 4.99 Å². The molecule has 0 aliphatic carbocycles. The monoisotopic (exact) mass is 348 g/mol. The molecule has 2 rings (SSSR count). The molecule has 1 aromatic heterocycles. The minimum Gasteiger partial charge on any atom is -0.494 e. The number of nitrogens with one attached hydrogen (secondary N) is 2. The van der Waals surface area contributed by atoms with Crippen molar-refractivity contribution in [2.24, 2.45) is 4.99 Å². The second-order valence-electron chi connectivity index (χ2n) is 5.49. The second-order valence-corrected chi connectivity index (χ2v) is 5.49. The predicted octanol–water partition coefficient (Wildman–Crippen LogP) is 2.81. The van der Waals surface area contributed by atoms with Crippen LogP contribution in [0.15, 0.2) is 27.7 Å². The molecule has 1 aromatic carbocycles. The predicted molar refractivity (Wildman–Crippen MR) is 95.2 cm³/mol. The number of rotatable bonds is 7. The topological polar surface area (TPSA) is 71.7 Å². The lowest BCUT2D eigenvalue weighted by atomic mass is 10.1. The molecule has 0 unspecified atom stereocenters. The first-order chi connectivity index (χ1) is 12.1. The van der Waals surface area contributed by atoms with Crippen molar-refractivity contribution in [3.8, 4) is 5.75 Å². The number of aliphatic imine (C=N–C) groups is 1. The molecule has 0 aliphatic heterocycles. The van der Waals surface area contributed by atoms with Gasteiger partial charge in [0.2, 0.25) is 0 Å². The number of ether oxygens (including phenoxy) is 1. The lowest BCUT2D eigenvalue weighted by Gasteiger charge is -2.13. The van der Waals surface area contributed by atoms with Gasteiger partial charge in [0.05, 0.1) is 12.8 Å². The number of methoxy groups -OCH3 is 1. The molecule has 7 heteroatoms. The minimum atomic E-state index is -0.380. The number of hydrogen-bond donors (Lipinski definition) is 2. The largest absolute Gasteiger partial charge is 0.494 e. The van der Waals surface area contributed by atoms with Crippen molar-refractivity contribution in [3.05, 3.63) is 46.6 Å². The summed E-state index contributed by atoms with van der Waals surface area (Å²) in [6.45, 7) is 5.11. The summed E-state index contributed by atoms with van der Waals surface area (Å²) in [5.41, 5.74) is 2.83. The maximum absolute atomic E-state index is 13.7. The van der Waals surface area contributed by atoms with Crippen LogP contribution in [-0.2, 0) is 25.9 Å². The Hall–Kier alpha value is -2.57. The van der Waals surface area contributed by atoms with Crippen LogP contribution in [0.25, 0.3) is 0 Å². The fourth-order valence-corrected chi connectivity index (χ4v) is 2.54.